The molecule has 7 nitrogen and oxygen atoms in total. The number of rotatable bonds is 10. The SMILES string of the molecule is O=CNCCCC[C@H](NC(=O)OCC1c2ccccc2-c2ccccc21)C(=O)O. The molecule has 29 heavy (non-hydrogen) atoms. The number of nitrogens with one attached hydrogen (secondary N) is 2. The number of amides is 2. The molecular formula is C22H24N2O5. The lowest BCUT2D eigenvalue weighted by Crippen LogP contribution is -2.41. The Morgan fingerprint density at radius 1 is 1.03 bits per heavy atom. The van der Waals surface area contributed by atoms with E-state index in [-0.39, 0.29) is 18.9 Å². The van der Waals surface area contributed by atoms with Crippen molar-refractivity contribution in [1.82, 2.24) is 10.6 Å². The Bertz CT molecular complexity index is 838. The summed E-state index contributed by atoms with van der Waals surface area (Å²) in [4.78, 5) is 33.8. The lowest BCUT2D eigenvalue weighted by Gasteiger charge is -2.17. The molecule has 0 heterocycles. The molecule has 2 amide bonds. The van der Waals surface area contributed by atoms with Crippen LogP contribution in [0.2, 0.25) is 0 Å². The van der Waals surface area contributed by atoms with Crippen LogP contribution in [0.3, 0.4) is 0 Å². The smallest absolute Gasteiger partial charge is 0.407 e. The van der Waals surface area contributed by atoms with Crippen LogP contribution in [0.4, 0.5) is 4.79 Å². The van der Waals surface area contributed by atoms with Gasteiger partial charge in [0.1, 0.15) is 12.6 Å². The number of alkyl carbamates (subject to hydrolysis) is 1. The van der Waals surface area contributed by atoms with Gasteiger partial charge in [-0.05, 0) is 41.5 Å². The van der Waals surface area contributed by atoms with Crippen molar-refractivity contribution >= 4 is 18.5 Å². The fourth-order valence-corrected chi connectivity index (χ4v) is 3.67. The first-order valence-electron chi connectivity index (χ1n) is 9.63. The molecule has 0 radical (unpaired) electrons. The predicted molar refractivity (Wildman–Crippen MR) is 108 cm³/mol. The third-order valence-electron chi connectivity index (χ3n) is 5.08. The number of carbonyl (C=O) groups excluding carboxylic acids is 2. The Kier molecular flexibility index (Phi) is 6.84. The number of carboxylic acids is 1. The molecule has 7 heteroatoms. The maximum Gasteiger partial charge on any atom is 0.407 e. The zero-order valence-corrected chi connectivity index (χ0v) is 16.0. The zero-order valence-electron chi connectivity index (χ0n) is 16.0. The molecule has 0 spiro atoms. The fourth-order valence-electron chi connectivity index (χ4n) is 3.67. The summed E-state index contributed by atoms with van der Waals surface area (Å²) < 4.78 is 5.39. The standard InChI is InChI=1S/C22H24N2O5/c25-14-23-12-6-5-11-20(21(26)27)24-22(28)29-13-19-17-9-3-1-7-15(17)16-8-2-4-10-18(16)19/h1-4,7-10,14,19-20H,5-6,11-13H2,(H,23,25)(H,24,28)(H,26,27)/t20-/m0/s1. The molecule has 1 atom stereocenters. The number of unbranched alkanes of at least 4 members (excludes halogenated alkanes) is 1. The Hall–Kier alpha value is -3.35. The van der Waals surface area contributed by atoms with Crippen LogP contribution in [-0.4, -0.2) is 42.8 Å². The average molecular weight is 396 g/mol. The van der Waals surface area contributed by atoms with E-state index in [1.807, 2.05) is 48.5 Å². The summed E-state index contributed by atoms with van der Waals surface area (Å²) in [7, 11) is 0. The van der Waals surface area contributed by atoms with Gasteiger partial charge in [0.15, 0.2) is 0 Å². The number of fused-ring (bicyclic) bond motifs is 3. The van der Waals surface area contributed by atoms with Gasteiger partial charge in [0.2, 0.25) is 6.41 Å². The van der Waals surface area contributed by atoms with Crippen molar-refractivity contribution in [1.29, 1.82) is 0 Å². The van der Waals surface area contributed by atoms with Crippen LogP contribution in [-0.2, 0) is 14.3 Å². The van der Waals surface area contributed by atoms with Gasteiger partial charge in [-0.2, -0.15) is 0 Å². The van der Waals surface area contributed by atoms with Crippen molar-refractivity contribution in [3.8, 4) is 11.1 Å². The summed E-state index contributed by atoms with van der Waals surface area (Å²) in [6, 6.07) is 15.0. The van der Waals surface area contributed by atoms with Crippen molar-refractivity contribution in [3.63, 3.8) is 0 Å². The number of benzene rings is 2. The maximum atomic E-state index is 12.2. The van der Waals surface area contributed by atoms with Crippen molar-refractivity contribution in [2.45, 2.75) is 31.2 Å². The molecule has 2 aromatic rings. The highest BCUT2D eigenvalue weighted by molar-refractivity contribution is 5.81. The third-order valence-corrected chi connectivity index (χ3v) is 5.08. The summed E-state index contributed by atoms with van der Waals surface area (Å²) in [6.07, 6.45) is 1.31. The lowest BCUT2D eigenvalue weighted by molar-refractivity contribution is -0.139. The van der Waals surface area contributed by atoms with Crippen molar-refractivity contribution in [2.75, 3.05) is 13.2 Å². The van der Waals surface area contributed by atoms with E-state index in [0.29, 0.717) is 25.8 Å². The van der Waals surface area contributed by atoms with Crippen LogP contribution in [0.5, 0.6) is 0 Å². The highest BCUT2D eigenvalue weighted by Gasteiger charge is 2.29. The zero-order chi connectivity index (χ0) is 20.6. The quantitative estimate of drug-likeness (QED) is 0.423. The highest BCUT2D eigenvalue weighted by Crippen LogP contribution is 2.44. The van der Waals surface area contributed by atoms with Gasteiger partial charge in [-0.1, -0.05) is 48.5 Å². The highest BCUT2D eigenvalue weighted by atomic mass is 16.5. The van der Waals surface area contributed by atoms with Gasteiger partial charge in [0, 0.05) is 12.5 Å². The van der Waals surface area contributed by atoms with Gasteiger partial charge < -0.3 is 20.5 Å². The lowest BCUT2D eigenvalue weighted by atomic mass is 9.98. The van der Waals surface area contributed by atoms with E-state index in [4.69, 9.17) is 4.74 Å². The van der Waals surface area contributed by atoms with E-state index in [0.717, 1.165) is 22.3 Å². The van der Waals surface area contributed by atoms with Gasteiger partial charge in [0.05, 0.1) is 0 Å². The molecule has 0 aliphatic heterocycles. The Labute approximate surface area is 169 Å². The van der Waals surface area contributed by atoms with Gasteiger partial charge in [-0.25, -0.2) is 9.59 Å². The van der Waals surface area contributed by atoms with Gasteiger partial charge in [0.25, 0.3) is 0 Å². The topological polar surface area (TPSA) is 105 Å². The van der Waals surface area contributed by atoms with Crippen LogP contribution in [0.1, 0.15) is 36.3 Å². The van der Waals surface area contributed by atoms with Gasteiger partial charge >= 0.3 is 12.1 Å². The van der Waals surface area contributed by atoms with Crippen LogP contribution >= 0.6 is 0 Å². The first kappa shape index (κ1) is 20.4. The van der Waals surface area contributed by atoms with E-state index in [9.17, 15) is 19.5 Å². The van der Waals surface area contributed by atoms with Gasteiger partial charge in [-0.15, -0.1) is 0 Å². The number of carbonyl (C=O) groups is 3. The summed E-state index contributed by atoms with van der Waals surface area (Å²) in [5.74, 6) is -1.19. The second kappa shape index (κ2) is 9.73. The first-order chi connectivity index (χ1) is 14.1. The fraction of sp³-hybridized carbons (Fsp3) is 0.318. The Morgan fingerprint density at radius 3 is 2.24 bits per heavy atom. The van der Waals surface area contributed by atoms with Crippen LogP contribution < -0.4 is 10.6 Å². The molecule has 0 saturated heterocycles. The normalized spacial score (nSPS) is 13.1. The average Bonchev–Trinajstić information content (AvgIpc) is 3.05. The van der Waals surface area contributed by atoms with Crippen LogP contribution in [0.15, 0.2) is 48.5 Å². The summed E-state index contributed by atoms with van der Waals surface area (Å²) in [5, 5.41) is 14.3. The van der Waals surface area contributed by atoms with Crippen molar-refractivity contribution in [3.05, 3.63) is 59.7 Å². The van der Waals surface area contributed by atoms with Crippen LogP contribution in [0.25, 0.3) is 11.1 Å². The molecule has 0 saturated carbocycles. The molecule has 1 aliphatic carbocycles. The molecular weight excluding hydrogens is 372 g/mol. The molecule has 152 valence electrons. The van der Waals surface area contributed by atoms with Crippen molar-refractivity contribution < 1.29 is 24.2 Å². The summed E-state index contributed by atoms with van der Waals surface area (Å²) >= 11 is 0. The largest absolute Gasteiger partial charge is 0.480 e. The first-order valence-corrected chi connectivity index (χ1v) is 9.63. The molecule has 0 fully saturated rings. The Balaban J connectivity index is 1.57. The predicted octanol–water partition coefficient (Wildman–Crippen LogP) is 2.89. The minimum absolute atomic E-state index is 0.0779. The molecule has 2 aromatic carbocycles. The Morgan fingerprint density at radius 2 is 1.66 bits per heavy atom. The second-order valence-corrected chi connectivity index (χ2v) is 6.93. The number of carboxylic acid groups (broad SMARTS) is 1. The van der Waals surface area contributed by atoms with Crippen LogP contribution in [0, 0.1) is 0 Å². The van der Waals surface area contributed by atoms with E-state index < -0.39 is 18.1 Å². The van der Waals surface area contributed by atoms with Gasteiger partial charge in [-0.3, -0.25) is 4.79 Å². The summed E-state index contributed by atoms with van der Waals surface area (Å²) in [5.41, 5.74) is 4.45. The van der Waals surface area contributed by atoms with Crippen molar-refractivity contribution in [2.24, 2.45) is 0 Å². The van der Waals surface area contributed by atoms with E-state index >= 15 is 0 Å². The third kappa shape index (κ3) is 4.93. The monoisotopic (exact) mass is 396 g/mol. The molecule has 1 aliphatic rings. The second-order valence-electron chi connectivity index (χ2n) is 6.93. The number of aliphatic carboxylic acids is 1. The number of hydrogen-bond acceptors (Lipinski definition) is 4. The molecule has 3 N–H and O–H groups in total. The molecule has 3 rings (SSSR count). The number of hydrogen-bond donors (Lipinski definition) is 3. The minimum Gasteiger partial charge on any atom is -0.480 e. The molecule has 0 bridgehead atoms. The summed E-state index contributed by atoms with van der Waals surface area (Å²) in [6.45, 7) is 0.607. The minimum atomic E-state index is -1.11. The number of ether oxygens (including phenoxy) is 1. The molecule has 0 aromatic heterocycles. The van der Waals surface area contributed by atoms with E-state index in [1.165, 1.54) is 0 Å². The molecule has 0 unspecified atom stereocenters. The van der Waals surface area contributed by atoms with E-state index in [1.54, 1.807) is 0 Å². The maximum absolute atomic E-state index is 12.2. The van der Waals surface area contributed by atoms with E-state index in [2.05, 4.69) is 10.6 Å².